The molecule has 3 heterocycles. The number of nitrogens with zero attached hydrogens (tertiary/aromatic N) is 3. The number of aryl methyl sites for hydroxylation is 1. The van der Waals surface area contributed by atoms with Crippen LogP contribution in [0.1, 0.15) is 31.2 Å². The Bertz CT molecular complexity index is 560. The van der Waals surface area contributed by atoms with Crippen molar-refractivity contribution in [1.29, 1.82) is 0 Å². The summed E-state index contributed by atoms with van der Waals surface area (Å²) in [7, 11) is 1.88. The highest BCUT2D eigenvalue weighted by atomic mass is 16.5. The van der Waals surface area contributed by atoms with E-state index in [9.17, 15) is 4.79 Å². The summed E-state index contributed by atoms with van der Waals surface area (Å²) in [5, 5.41) is 3.07. The lowest BCUT2D eigenvalue weighted by atomic mass is 10.1. The Morgan fingerprint density at radius 2 is 2.16 bits per heavy atom. The Balaban J connectivity index is 1.45. The Morgan fingerprint density at radius 3 is 2.96 bits per heavy atom. The maximum Gasteiger partial charge on any atom is 0.236 e. The van der Waals surface area contributed by atoms with Gasteiger partial charge in [0.1, 0.15) is 5.82 Å². The standard InChI is InChI=1S/C19H30N4O2/c1-20-18-13-16(7-8-21-18)5-6-17-14-22(11-12-25-17)15-19(24)23-9-3-2-4-10-23/h7-8,13,17H,2-6,9-12,14-15H2,1H3,(H,20,21). The number of hydrogen-bond acceptors (Lipinski definition) is 5. The van der Waals surface area contributed by atoms with E-state index in [1.54, 1.807) is 0 Å². The Labute approximate surface area is 150 Å². The number of hydrogen-bond donors (Lipinski definition) is 1. The summed E-state index contributed by atoms with van der Waals surface area (Å²) in [6.07, 6.45) is 7.54. The van der Waals surface area contributed by atoms with Crippen LogP contribution in [0.5, 0.6) is 0 Å². The molecule has 1 aromatic heterocycles. The lowest BCUT2D eigenvalue weighted by Crippen LogP contribution is -2.48. The zero-order valence-electron chi connectivity index (χ0n) is 15.2. The Hall–Kier alpha value is -1.66. The van der Waals surface area contributed by atoms with Gasteiger partial charge in [-0.2, -0.15) is 0 Å². The number of carbonyl (C=O) groups excluding carboxylic acids is 1. The maximum atomic E-state index is 12.5. The molecule has 6 nitrogen and oxygen atoms in total. The molecule has 0 aromatic carbocycles. The molecule has 1 N–H and O–H groups in total. The number of pyridine rings is 1. The van der Waals surface area contributed by atoms with Crippen molar-refractivity contribution in [3.63, 3.8) is 0 Å². The second-order valence-electron chi connectivity index (χ2n) is 7.01. The van der Waals surface area contributed by atoms with Crippen LogP contribution in [-0.2, 0) is 16.0 Å². The topological polar surface area (TPSA) is 57.7 Å². The average Bonchev–Trinajstić information content (AvgIpc) is 2.67. The van der Waals surface area contributed by atoms with Gasteiger partial charge in [-0.3, -0.25) is 9.69 Å². The molecule has 2 aliphatic heterocycles. The van der Waals surface area contributed by atoms with E-state index in [1.165, 1.54) is 12.0 Å². The van der Waals surface area contributed by atoms with Gasteiger partial charge in [-0.15, -0.1) is 0 Å². The lowest BCUT2D eigenvalue weighted by molar-refractivity contribution is -0.135. The van der Waals surface area contributed by atoms with Crippen LogP contribution < -0.4 is 5.32 Å². The first-order valence-corrected chi connectivity index (χ1v) is 9.49. The van der Waals surface area contributed by atoms with Crippen molar-refractivity contribution in [3.8, 4) is 0 Å². The van der Waals surface area contributed by atoms with Gasteiger partial charge in [-0.05, 0) is 49.8 Å². The monoisotopic (exact) mass is 346 g/mol. The van der Waals surface area contributed by atoms with Gasteiger partial charge in [-0.25, -0.2) is 4.98 Å². The minimum Gasteiger partial charge on any atom is -0.376 e. The molecule has 25 heavy (non-hydrogen) atoms. The van der Waals surface area contributed by atoms with Crippen LogP contribution in [-0.4, -0.2) is 73.2 Å². The minimum absolute atomic E-state index is 0.203. The number of morpholine rings is 1. The molecular formula is C19H30N4O2. The highest BCUT2D eigenvalue weighted by Crippen LogP contribution is 2.15. The van der Waals surface area contributed by atoms with Crippen LogP contribution >= 0.6 is 0 Å². The predicted octanol–water partition coefficient (Wildman–Crippen LogP) is 1.77. The number of rotatable bonds is 6. The summed E-state index contributed by atoms with van der Waals surface area (Å²) in [5.74, 6) is 1.18. The van der Waals surface area contributed by atoms with Crippen molar-refractivity contribution in [3.05, 3.63) is 23.9 Å². The van der Waals surface area contributed by atoms with Gasteiger partial charge in [-0.1, -0.05) is 0 Å². The van der Waals surface area contributed by atoms with E-state index >= 15 is 0 Å². The first-order chi connectivity index (χ1) is 12.2. The summed E-state index contributed by atoms with van der Waals surface area (Å²) in [6, 6.07) is 4.14. The molecule has 6 heteroatoms. The number of aromatic nitrogens is 1. The van der Waals surface area contributed by atoms with Gasteiger partial charge in [0.2, 0.25) is 5.91 Å². The van der Waals surface area contributed by atoms with Crippen LogP contribution in [0.4, 0.5) is 5.82 Å². The van der Waals surface area contributed by atoms with Crippen molar-refractivity contribution in [2.75, 3.05) is 51.7 Å². The van der Waals surface area contributed by atoms with E-state index in [4.69, 9.17) is 4.74 Å². The number of piperidine rings is 1. The number of anilines is 1. The highest BCUT2D eigenvalue weighted by molar-refractivity contribution is 5.78. The van der Waals surface area contributed by atoms with Gasteiger partial charge in [0.25, 0.3) is 0 Å². The molecular weight excluding hydrogens is 316 g/mol. The quantitative estimate of drug-likeness (QED) is 0.851. The molecule has 3 rings (SSSR count). The highest BCUT2D eigenvalue weighted by Gasteiger charge is 2.24. The van der Waals surface area contributed by atoms with Crippen molar-refractivity contribution >= 4 is 11.7 Å². The summed E-state index contributed by atoms with van der Waals surface area (Å²) < 4.78 is 5.92. The van der Waals surface area contributed by atoms with Crippen LogP contribution in [0.25, 0.3) is 0 Å². The Morgan fingerprint density at radius 1 is 1.32 bits per heavy atom. The lowest BCUT2D eigenvalue weighted by Gasteiger charge is -2.35. The first-order valence-electron chi connectivity index (χ1n) is 9.49. The van der Waals surface area contributed by atoms with E-state index in [0.29, 0.717) is 6.54 Å². The molecule has 138 valence electrons. The largest absolute Gasteiger partial charge is 0.376 e. The normalized spacial score (nSPS) is 22.0. The number of amides is 1. The van der Waals surface area contributed by atoms with Crippen LogP contribution in [0, 0.1) is 0 Å². The maximum absolute atomic E-state index is 12.5. The second-order valence-corrected chi connectivity index (χ2v) is 7.01. The van der Waals surface area contributed by atoms with E-state index in [1.807, 2.05) is 18.1 Å². The molecule has 2 fully saturated rings. The number of ether oxygens (including phenoxy) is 1. The fourth-order valence-electron chi connectivity index (χ4n) is 3.63. The van der Waals surface area contributed by atoms with E-state index in [-0.39, 0.29) is 12.0 Å². The Kier molecular flexibility index (Phi) is 6.64. The van der Waals surface area contributed by atoms with Gasteiger partial charge < -0.3 is 15.0 Å². The van der Waals surface area contributed by atoms with Crippen LogP contribution in [0.15, 0.2) is 18.3 Å². The third kappa shape index (κ3) is 5.41. The van der Waals surface area contributed by atoms with Crippen molar-refractivity contribution in [2.45, 2.75) is 38.2 Å². The molecule has 1 amide bonds. The smallest absolute Gasteiger partial charge is 0.236 e. The summed E-state index contributed by atoms with van der Waals surface area (Å²) in [5.41, 5.74) is 1.27. The average molecular weight is 346 g/mol. The zero-order valence-corrected chi connectivity index (χ0v) is 15.2. The van der Waals surface area contributed by atoms with Gasteiger partial charge in [0.15, 0.2) is 0 Å². The van der Waals surface area contributed by atoms with Gasteiger partial charge in [0, 0.05) is 39.4 Å². The van der Waals surface area contributed by atoms with E-state index < -0.39 is 0 Å². The molecule has 1 aromatic rings. The third-order valence-electron chi connectivity index (χ3n) is 5.13. The molecule has 0 radical (unpaired) electrons. The molecule has 0 bridgehead atoms. The SMILES string of the molecule is CNc1cc(CCC2CN(CC(=O)N3CCCCC3)CCO2)ccn1. The third-order valence-corrected chi connectivity index (χ3v) is 5.13. The first kappa shape index (κ1) is 18.1. The van der Waals surface area contributed by atoms with Gasteiger partial charge >= 0.3 is 0 Å². The summed E-state index contributed by atoms with van der Waals surface area (Å²) in [4.78, 5) is 21.0. The number of likely N-dealkylation sites (tertiary alicyclic amines) is 1. The summed E-state index contributed by atoms with van der Waals surface area (Å²) >= 11 is 0. The fraction of sp³-hybridized carbons (Fsp3) is 0.684. The van der Waals surface area contributed by atoms with Gasteiger partial charge in [0.05, 0.1) is 19.3 Å². The number of carbonyl (C=O) groups is 1. The molecule has 0 saturated carbocycles. The van der Waals surface area contributed by atoms with Crippen LogP contribution in [0.2, 0.25) is 0 Å². The predicted molar refractivity (Wildman–Crippen MR) is 98.7 cm³/mol. The molecule has 2 saturated heterocycles. The molecule has 0 aliphatic carbocycles. The second kappa shape index (κ2) is 9.15. The molecule has 1 atom stereocenters. The number of nitrogens with one attached hydrogen (secondary N) is 1. The molecule has 2 aliphatic rings. The fourth-order valence-corrected chi connectivity index (χ4v) is 3.63. The van der Waals surface area contributed by atoms with E-state index in [2.05, 4.69) is 27.3 Å². The minimum atomic E-state index is 0.203. The summed E-state index contributed by atoms with van der Waals surface area (Å²) in [6.45, 7) is 4.83. The zero-order chi connectivity index (χ0) is 17.5. The molecule has 0 spiro atoms. The molecule has 1 unspecified atom stereocenters. The van der Waals surface area contributed by atoms with Crippen molar-refractivity contribution in [2.24, 2.45) is 0 Å². The van der Waals surface area contributed by atoms with Crippen molar-refractivity contribution < 1.29 is 9.53 Å². The van der Waals surface area contributed by atoms with E-state index in [0.717, 1.165) is 64.3 Å². The van der Waals surface area contributed by atoms with Crippen LogP contribution in [0.3, 0.4) is 0 Å². The van der Waals surface area contributed by atoms with Crippen molar-refractivity contribution in [1.82, 2.24) is 14.8 Å².